The van der Waals surface area contributed by atoms with Crippen molar-refractivity contribution < 1.29 is 0 Å². The van der Waals surface area contributed by atoms with Crippen molar-refractivity contribution in [3.8, 4) is 0 Å². The quantitative estimate of drug-likeness (QED) is 0.583. The largest absolute Gasteiger partial charge is 0.398 e. The van der Waals surface area contributed by atoms with Gasteiger partial charge in [-0.3, -0.25) is 0 Å². The first kappa shape index (κ1) is 9.49. The van der Waals surface area contributed by atoms with Crippen molar-refractivity contribution in [2.75, 3.05) is 5.73 Å². The zero-order chi connectivity index (χ0) is 9.14. The molecule has 1 nitrogen and oxygen atoms in total. The van der Waals surface area contributed by atoms with Gasteiger partial charge in [0.25, 0.3) is 0 Å². The third-order valence-corrected chi connectivity index (χ3v) is 2.69. The lowest BCUT2D eigenvalue weighted by Crippen LogP contribution is -1.89. The van der Waals surface area contributed by atoms with Crippen molar-refractivity contribution >= 4 is 29.1 Å². The molecule has 3 heteroatoms. The van der Waals surface area contributed by atoms with Gasteiger partial charge in [-0.2, -0.15) is 0 Å². The summed E-state index contributed by atoms with van der Waals surface area (Å²) in [6.45, 7) is 5.57. The Labute approximate surface area is 81.6 Å². The predicted octanol–water partition coefficient (Wildman–Crippen LogP) is 3.47. The molecule has 0 radical (unpaired) electrons. The van der Waals surface area contributed by atoms with Crippen LogP contribution in [0.2, 0.25) is 5.02 Å². The number of aryl methyl sites for hydroxylation is 1. The first-order valence-corrected chi connectivity index (χ1v) is 4.74. The average Bonchev–Trinajstić information content (AvgIpc) is 1.96. The number of anilines is 1. The number of nitrogen functional groups attached to an aromatic ring is 1. The lowest BCUT2D eigenvalue weighted by atomic mass is 10.2. The van der Waals surface area contributed by atoms with Crippen molar-refractivity contribution in [2.24, 2.45) is 0 Å². The number of nitrogens with two attached hydrogens (primary N) is 1. The topological polar surface area (TPSA) is 26.0 Å². The number of halogens is 1. The van der Waals surface area contributed by atoms with Crippen LogP contribution < -0.4 is 5.73 Å². The minimum Gasteiger partial charge on any atom is -0.398 e. The minimum absolute atomic E-state index is 0.692. The Hall–Kier alpha value is -0.600. The van der Waals surface area contributed by atoms with Gasteiger partial charge in [-0.05, 0) is 30.0 Å². The predicted molar refractivity (Wildman–Crippen MR) is 56.7 cm³/mol. The molecule has 1 rings (SSSR count). The molecule has 2 N–H and O–H groups in total. The van der Waals surface area contributed by atoms with Crippen LogP contribution in [-0.2, 0) is 0 Å². The van der Waals surface area contributed by atoms with Gasteiger partial charge in [-0.25, -0.2) is 0 Å². The molecule has 0 heterocycles. The van der Waals surface area contributed by atoms with E-state index in [0.29, 0.717) is 10.7 Å². The van der Waals surface area contributed by atoms with Gasteiger partial charge >= 0.3 is 0 Å². The van der Waals surface area contributed by atoms with E-state index in [1.165, 1.54) is 11.8 Å². The van der Waals surface area contributed by atoms with Crippen LogP contribution >= 0.6 is 23.4 Å². The highest BCUT2D eigenvalue weighted by Crippen LogP contribution is 2.33. The second kappa shape index (κ2) is 3.87. The Morgan fingerprint density at radius 1 is 1.58 bits per heavy atom. The van der Waals surface area contributed by atoms with E-state index in [1.807, 2.05) is 19.1 Å². The Balaban J connectivity index is 3.18. The van der Waals surface area contributed by atoms with E-state index < -0.39 is 0 Å². The van der Waals surface area contributed by atoms with Crippen LogP contribution in [0.3, 0.4) is 0 Å². The highest BCUT2D eigenvalue weighted by atomic mass is 35.5. The molecule has 0 aliphatic heterocycles. The summed E-state index contributed by atoms with van der Waals surface area (Å²) in [5.74, 6) is 0. The monoisotopic (exact) mass is 199 g/mol. The van der Waals surface area contributed by atoms with Crippen molar-refractivity contribution in [1.29, 1.82) is 0 Å². The summed E-state index contributed by atoms with van der Waals surface area (Å²) in [4.78, 5) is 0.886. The zero-order valence-electron chi connectivity index (χ0n) is 6.80. The molecule has 1 aromatic carbocycles. The molecule has 0 aromatic heterocycles. The maximum Gasteiger partial charge on any atom is 0.0568 e. The van der Waals surface area contributed by atoms with Gasteiger partial charge in [-0.1, -0.05) is 29.9 Å². The summed E-state index contributed by atoms with van der Waals surface area (Å²) in [5, 5.41) is 2.41. The third kappa shape index (κ3) is 1.96. The standard InChI is InChI=1S/C9H10ClNS/c1-3-12-9-7(10)4-6(2)5-8(9)11/h3-5H,1,11H2,2H3. The van der Waals surface area contributed by atoms with Gasteiger partial charge < -0.3 is 5.73 Å². The number of rotatable bonds is 2. The van der Waals surface area contributed by atoms with Crippen LogP contribution in [-0.4, -0.2) is 0 Å². The number of hydrogen-bond acceptors (Lipinski definition) is 2. The van der Waals surface area contributed by atoms with Crippen LogP contribution in [0.15, 0.2) is 29.0 Å². The van der Waals surface area contributed by atoms with Gasteiger partial charge in [0.05, 0.1) is 9.92 Å². The molecule has 0 saturated heterocycles. The Morgan fingerprint density at radius 3 is 2.75 bits per heavy atom. The van der Waals surface area contributed by atoms with Gasteiger partial charge in [0.2, 0.25) is 0 Å². The van der Waals surface area contributed by atoms with E-state index >= 15 is 0 Å². The average molecular weight is 200 g/mol. The highest BCUT2D eigenvalue weighted by molar-refractivity contribution is 8.02. The van der Waals surface area contributed by atoms with E-state index in [1.54, 1.807) is 5.41 Å². The van der Waals surface area contributed by atoms with Gasteiger partial charge in [0, 0.05) is 5.69 Å². The molecule has 0 saturated carbocycles. The molecule has 0 bridgehead atoms. The number of benzene rings is 1. The second-order valence-corrected chi connectivity index (χ2v) is 3.83. The van der Waals surface area contributed by atoms with Crippen molar-refractivity contribution in [3.05, 3.63) is 34.7 Å². The summed E-state index contributed by atoms with van der Waals surface area (Å²) in [7, 11) is 0. The molecule has 0 aliphatic rings. The van der Waals surface area contributed by atoms with Gasteiger partial charge in [0.1, 0.15) is 0 Å². The van der Waals surface area contributed by atoms with E-state index in [-0.39, 0.29) is 0 Å². The zero-order valence-corrected chi connectivity index (χ0v) is 8.38. The summed E-state index contributed by atoms with van der Waals surface area (Å²) >= 11 is 7.41. The fraction of sp³-hybridized carbons (Fsp3) is 0.111. The molecule has 1 aromatic rings. The van der Waals surface area contributed by atoms with Crippen LogP contribution in [0.1, 0.15) is 5.56 Å². The molecule has 0 aliphatic carbocycles. The molecular weight excluding hydrogens is 190 g/mol. The molecule has 0 unspecified atom stereocenters. The van der Waals surface area contributed by atoms with Crippen molar-refractivity contribution in [2.45, 2.75) is 11.8 Å². The van der Waals surface area contributed by atoms with Crippen molar-refractivity contribution in [1.82, 2.24) is 0 Å². The fourth-order valence-corrected chi connectivity index (χ4v) is 1.91. The normalized spacial score (nSPS) is 9.83. The SMILES string of the molecule is C=CSc1c(N)cc(C)cc1Cl. The second-order valence-electron chi connectivity index (χ2n) is 2.45. The molecule has 64 valence electrons. The van der Waals surface area contributed by atoms with Crippen LogP contribution in [0.4, 0.5) is 5.69 Å². The summed E-state index contributed by atoms with van der Waals surface area (Å²) < 4.78 is 0. The fourth-order valence-electron chi connectivity index (χ4n) is 0.963. The molecule has 0 atom stereocenters. The maximum atomic E-state index is 5.96. The maximum absolute atomic E-state index is 5.96. The Bertz CT molecular complexity index is 286. The first-order valence-electron chi connectivity index (χ1n) is 3.48. The third-order valence-electron chi connectivity index (χ3n) is 1.42. The van der Waals surface area contributed by atoms with Crippen LogP contribution in [0.25, 0.3) is 0 Å². The molecule has 0 fully saturated rings. The lowest BCUT2D eigenvalue weighted by molar-refractivity contribution is 1.38. The Morgan fingerprint density at radius 2 is 2.25 bits per heavy atom. The van der Waals surface area contributed by atoms with E-state index in [4.69, 9.17) is 17.3 Å². The summed E-state index contributed by atoms with van der Waals surface area (Å²) in [6.07, 6.45) is 0. The van der Waals surface area contributed by atoms with E-state index in [9.17, 15) is 0 Å². The molecule has 12 heavy (non-hydrogen) atoms. The molecule has 0 amide bonds. The smallest absolute Gasteiger partial charge is 0.0568 e. The number of hydrogen-bond donors (Lipinski definition) is 1. The first-order chi connectivity index (χ1) is 5.65. The minimum atomic E-state index is 0.692. The van der Waals surface area contributed by atoms with Gasteiger partial charge in [0.15, 0.2) is 0 Å². The number of thioether (sulfide) groups is 1. The summed E-state index contributed by atoms with van der Waals surface area (Å²) in [6, 6.07) is 3.79. The van der Waals surface area contributed by atoms with Crippen LogP contribution in [0, 0.1) is 6.92 Å². The lowest BCUT2D eigenvalue weighted by Gasteiger charge is -2.05. The molecular formula is C9H10ClNS. The van der Waals surface area contributed by atoms with E-state index in [2.05, 4.69) is 6.58 Å². The summed E-state index contributed by atoms with van der Waals surface area (Å²) in [5.41, 5.74) is 7.54. The van der Waals surface area contributed by atoms with Crippen LogP contribution in [0.5, 0.6) is 0 Å². The van der Waals surface area contributed by atoms with Crippen molar-refractivity contribution in [3.63, 3.8) is 0 Å². The highest BCUT2D eigenvalue weighted by Gasteiger charge is 2.04. The Kier molecular flexibility index (Phi) is 3.06. The van der Waals surface area contributed by atoms with Gasteiger partial charge in [-0.15, -0.1) is 0 Å². The molecule has 0 spiro atoms. The van der Waals surface area contributed by atoms with E-state index in [0.717, 1.165) is 10.5 Å².